The molecule has 6 nitrogen and oxygen atoms in total. The maximum absolute atomic E-state index is 12.3. The highest BCUT2D eigenvalue weighted by molar-refractivity contribution is 5.69. The molecule has 0 fully saturated rings. The van der Waals surface area contributed by atoms with Gasteiger partial charge in [-0.3, -0.25) is 0 Å². The zero-order valence-corrected chi connectivity index (χ0v) is 14.0. The molecule has 1 heterocycles. The lowest BCUT2D eigenvalue weighted by molar-refractivity contribution is 0.00913. The molecule has 0 aliphatic rings. The fourth-order valence-electron chi connectivity index (χ4n) is 2.00. The molecular weight excluding hydrogens is 268 g/mol. The molecule has 0 saturated carbocycles. The average molecular weight is 296 g/mol. The Labute approximate surface area is 127 Å². The van der Waals surface area contributed by atoms with E-state index in [0.717, 1.165) is 18.7 Å². The van der Waals surface area contributed by atoms with E-state index < -0.39 is 11.1 Å². The number of carbonyl (C=O) groups is 1. The van der Waals surface area contributed by atoms with Crippen LogP contribution in [0.25, 0.3) is 0 Å². The number of carbonyl (C=O) groups excluding carboxylic acids is 1. The van der Waals surface area contributed by atoms with Gasteiger partial charge in [0.1, 0.15) is 5.60 Å². The molecule has 21 heavy (non-hydrogen) atoms. The number of aromatic nitrogens is 2. The van der Waals surface area contributed by atoms with Crippen LogP contribution in [0.15, 0.2) is 12.5 Å². The number of ether oxygens (including phenoxy) is 1. The minimum absolute atomic E-state index is 0.348. The molecule has 0 bridgehead atoms. The summed E-state index contributed by atoms with van der Waals surface area (Å²) in [4.78, 5) is 18.1. The second-order valence-electron chi connectivity index (χ2n) is 6.71. The monoisotopic (exact) mass is 296 g/mol. The molecule has 0 aliphatic heterocycles. The predicted octanol–water partition coefficient (Wildman–Crippen LogP) is 2.33. The van der Waals surface area contributed by atoms with Gasteiger partial charge in [-0.15, -0.1) is 0 Å². The molecule has 2 N–H and O–H groups in total. The molecule has 0 saturated heterocycles. The number of hydrogen-bond acceptors (Lipinski definition) is 4. The molecular formula is C15H28N4O2. The molecule has 1 rings (SSSR count). The van der Waals surface area contributed by atoms with Crippen LogP contribution in [0.2, 0.25) is 0 Å². The van der Waals surface area contributed by atoms with Gasteiger partial charge in [0.25, 0.3) is 0 Å². The van der Waals surface area contributed by atoms with Crippen molar-refractivity contribution in [2.75, 3.05) is 13.6 Å². The molecule has 0 atom stereocenters. The van der Waals surface area contributed by atoms with Crippen LogP contribution >= 0.6 is 0 Å². The van der Waals surface area contributed by atoms with Crippen molar-refractivity contribution < 1.29 is 9.53 Å². The van der Waals surface area contributed by atoms with E-state index in [2.05, 4.69) is 4.98 Å². The van der Waals surface area contributed by atoms with Gasteiger partial charge < -0.3 is 19.9 Å². The molecule has 1 aromatic heterocycles. The number of nitrogens with two attached hydrogens (primary N) is 1. The first-order chi connectivity index (χ1) is 9.59. The summed E-state index contributed by atoms with van der Waals surface area (Å²) >= 11 is 0. The summed E-state index contributed by atoms with van der Waals surface area (Å²) in [6.07, 6.45) is 4.09. The highest BCUT2D eigenvalue weighted by Gasteiger charge is 2.34. The minimum atomic E-state index is -0.520. The van der Waals surface area contributed by atoms with E-state index in [0.29, 0.717) is 6.54 Å². The molecule has 6 heteroatoms. The lowest BCUT2D eigenvalue weighted by Gasteiger charge is -2.37. The molecule has 0 spiro atoms. The van der Waals surface area contributed by atoms with E-state index >= 15 is 0 Å². The summed E-state index contributed by atoms with van der Waals surface area (Å²) in [6, 6.07) is 0. The van der Waals surface area contributed by atoms with Crippen molar-refractivity contribution in [1.29, 1.82) is 0 Å². The van der Waals surface area contributed by atoms with Crippen molar-refractivity contribution in [3.63, 3.8) is 0 Å². The van der Waals surface area contributed by atoms with Crippen LogP contribution in [0.3, 0.4) is 0 Å². The SMILES string of the molecule is CN(C(=O)OC(C)(C)C)C(C)(C)c1cncn1CCCN. The molecule has 0 aromatic carbocycles. The van der Waals surface area contributed by atoms with Crippen molar-refractivity contribution in [3.05, 3.63) is 18.2 Å². The summed E-state index contributed by atoms with van der Waals surface area (Å²) in [5, 5.41) is 0. The average Bonchev–Trinajstić information content (AvgIpc) is 2.82. The maximum Gasteiger partial charge on any atom is 0.410 e. The third-order valence-electron chi connectivity index (χ3n) is 3.45. The van der Waals surface area contributed by atoms with E-state index in [-0.39, 0.29) is 6.09 Å². The number of nitrogens with zero attached hydrogens (tertiary/aromatic N) is 3. The molecule has 0 unspecified atom stereocenters. The lowest BCUT2D eigenvalue weighted by atomic mass is 9.99. The second kappa shape index (κ2) is 6.47. The standard InChI is InChI=1S/C15H28N4O2/c1-14(2,3)21-13(20)18(6)15(4,5)12-10-17-11-19(12)9-7-8-16/h10-11H,7-9,16H2,1-6H3. The van der Waals surface area contributed by atoms with Crippen LogP contribution in [0, 0.1) is 0 Å². The fourth-order valence-corrected chi connectivity index (χ4v) is 2.00. The van der Waals surface area contributed by atoms with E-state index in [1.54, 1.807) is 24.5 Å². The van der Waals surface area contributed by atoms with Gasteiger partial charge in [0, 0.05) is 13.6 Å². The molecule has 0 radical (unpaired) electrons. The topological polar surface area (TPSA) is 73.4 Å². The Morgan fingerprint density at radius 1 is 1.38 bits per heavy atom. The Kier molecular flexibility index (Phi) is 5.39. The number of aryl methyl sites for hydroxylation is 1. The van der Waals surface area contributed by atoms with E-state index in [1.807, 2.05) is 39.2 Å². The first-order valence-corrected chi connectivity index (χ1v) is 7.27. The normalized spacial score (nSPS) is 12.3. The van der Waals surface area contributed by atoms with Crippen LogP contribution in [-0.4, -0.2) is 39.7 Å². The summed E-state index contributed by atoms with van der Waals surface area (Å²) in [7, 11) is 1.74. The Bertz CT molecular complexity index is 474. The zero-order valence-electron chi connectivity index (χ0n) is 14.0. The first kappa shape index (κ1) is 17.5. The number of amides is 1. The van der Waals surface area contributed by atoms with Gasteiger partial charge in [0.15, 0.2) is 0 Å². The quantitative estimate of drug-likeness (QED) is 0.905. The Morgan fingerprint density at radius 3 is 2.52 bits per heavy atom. The minimum Gasteiger partial charge on any atom is -0.444 e. The van der Waals surface area contributed by atoms with Crippen LogP contribution in [0.5, 0.6) is 0 Å². The smallest absolute Gasteiger partial charge is 0.410 e. The van der Waals surface area contributed by atoms with Crippen molar-refractivity contribution >= 4 is 6.09 Å². The van der Waals surface area contributed by atoms with Crippen LogP contribution in [-0.2, 0) is 16.8 Å². The molecule has 0 aliphatic carbocycles. The van der Waals surface area contributed by atoms with Gasteiger partial charge >= 0.3 is 6.09 Å². The maximum atomic E-state index is 12.3. The van der Waals surface area contributed by atoms with Gasteiger partial charge in [-0.05, 0) is 47.6 Å². The Balaban J connectivity index is 2.94. The number of rotatable bonds is 5. The predicted molar refractivity (Wildman–Crippen MR) is 82.9 cm³/mol. The molecule has 120 valence electrons. The first-order valence-electron chi connectivity index (χ1n) is 7.27. The third kappa shape index (κ3) is 4.46. The highest BCUT2D eigenvalue weighted by Crippen LogP contribution is 2.28. The van der Waals surface area contributed by atoms with Crippen molar-refractivity contribution in [1.82, 2.24) is 14.5 Å². The van der Waals surface area contributed by atoms with Crippen molar-refractivity contribution in [2.24, 2.45) is 5.73 Å². The van der Waals surface area contributed by atoms with Gasteiger partial charge in [-0.2, -0.15) is 0 Å². The van der Waals surface area contributed by atoms with E-state index in [4.69, 9.17) is 10.5 Å². The number of hydrogen-bond donors (Lipinski definition) is 1. The van der Waals surface area contributed by atoms with Crippen molar-refractivity contribution in [3.8, 4) is 0 Å². The highest BCUT2D eigenvalue weighted by atomic mass is 16.6. The van der Waals surface area contributed by atoms with Gasteiger partial charge in [-0.1, -0.05) is 0 Å². The fraction of sp³-hybridized carbons (Fsp3) is 0.733. The van der Waals surface area contributed by atoms with Crippen LogP contribution in [0.4, 0.5) is 4.79 Å². The van der Waals surface area contributed by atoms with Gasteiger partial charge in [-0.25, -0.2) is 9.78 Å². The summed E-state index contributed by atoms with van der Waals surface area (Å²) < 4.78 is 7.48. The second-order valence-corrected chi connectivity index (χ2v) is 6.71. The van der Waals surface area contributed by atoms with Crippen LogP contribution in [0.1, 0.15) is 46.7 Å². The molecule has 1 aromatic rings. The summed E-state index contributed by atoms with van der Waals surface area (Å²) in [6.45, 7) is 10.9. The summed E-state index contributed by atoms with van der Waals surface area (Å²) in [5.74, 6) is 0. The zero-order chi connectivity index (χ0) is 16.3. The Morgan fingerprint density at radius 2 is 2.00 bits per heavy atom. The van der Waals surface area contributed by atoms with E-state index in [9.17, 15) is 4.79 Å². The molecule has 1 amide bonds. The van der Waals surface area contributed by atoms with Gasteiger partial charge in [0.05, 0.1) is 23.8 Å². The van der Waals surface area contributed by atoms with E-state index in [1.165, 1.54) is 0 Å². The number of imidazole rings is 1. The lowest BCUT2D eigenvalue weighted by Crippen LogP contribution is -2.46. The van der Waals surface area contributed by atoms with Crippen LogP contribution < -0.4 is 5.73 Å². The summed E-state index contributed by atoms with van der Waals surface area (Å²) in [5.41, 5.74) is 5.49. The largest absolute Gasteiger partial charge is 0.444 e. The third-order valence-corrected chi connectivity index (χ3v) is 3.45. The van der Waals surface area contributed by atoms with Crippen molar-refractivity contribution in [2.45, 2.75) is 58.7 Å². The van der Waals surface area contributed by atoms with Gasteiger partial charge in [0.2, 0.25) is 0 Å². The Hall–Kier alpha value is -1.56.